The van der Waals surface area contributed by atoms with E-state index in [1.54, 1.807) is 0 Å². The lowest BCUT2D eigenvalue weighted by molar-refractivity contribution is 0.572. The lowest BCUT2D eigenvalue weighted by atomic mass is 10.1. The van der Waals surface area contributed by atoms with E-state index in [9.17, 15) is 0 Å². The third-order valence-corrected chi connectivity index (χ3v) is 3.45. The number of hydrogen-bond donors (Lipinski definition) is 0. The Bertz CT molecular complexity index is 566. The molecule has 3 nitrogen and oxygen atoms in total. The van der Waals surface area contributed by atoms with Crippen molar-refractivity contribution in [3.05, 3.63) is 29.0 Å². The molecule has 0 aromatic carbocycles. The molecule has 0 bridgehead atoms. The molecule has 2 aromatic rings. The van der Waals surface area contributed by atoms with Gasteiger partial charge in [-0.3, -0.25) is 9.97 Å². The van der Waals surface area contributed by atoms with E-state index >= 15 is 0 Å². The van der Waals surface area contributed by atoms with Crippen LogP contribution in [0.1, 0.15) is 27.7 Å². The van der Waals surface area contributed by atoms with Crippen molar-refractivity contribution < 1.29 is 0 Å². The Morgan fingerprint density at radius 1 is 1.21 bits per heavy atom. The number of hydrogen-bond acceptors (Lipinski definition) is 3. The highest BCUT2D eigenvalue weighted by Gasteiger charge is 2.16. The fraction of sp³-hybridized carbons (Fsp3) is 0.467. The summed E-state index contributed by atoms with van der Waals surface area (Å²) in [6.07, 6.45) is 3.70. The summed E-state index contributed by atoms with van der Waals surface area (Å²) in [5, 5.41) is 0. The Labute approximate surface area is 123 Å². The SMILES string of the molecule is CC(C)CN(c1ccnc2cc(Br)cnc12)C(C)C. The Morgan fingerprint density at radius 2 is 1.95 bits per heavy atom. The number of pyridine rings is 2. The molecule has 0 aliphatic heterocycles. The lowest BCUT2D eigenvalue weighted by Crippen LogP contribution is -2.34. The fourth-order valence-electron chi connectivity index (χ4n) is 2.20. The Kier molecular flexibility index (Phi) is 4.40. The van der Waals surface area contributed by atoms with Crippen molar-refractivity contribution in [2.24, 2.45) is 5.92 Å². The van der Waals surface area contributed by atoms with Gasteiger partial charge in [-0.1, -0.05) is 13.8 Å². The first-order valence-corrected chi connectivity index (χ1v) is 7.45. The maximum Gasteiger partial charge on any atom is 0.112 e. The summed E-state index contributed by atoms with van der Waals surface area (Å²) in [6.45, 7) is 9.93. The van der Waals surface area contributed by atoms with Gasteiger partial charge in [0.05, 0.1) is 11.2 Å². The monoisotopic (exact) mass is 321 g/mol. The molecule has 0 saturated heterocycles. The zero-order valence-electron chi connectivity index (χ0n) is 11.9. The van der Waals surface area contributed by atoms with Crippen LogP contribution in [0.25, 0.3) is 11.0 Å². The number of fused-ring (bicyclic) bond motifs is 1. The van der Waals surface area contributed by atoms with Gasteiger partial charge in [-0.25, -0.2) is 0 Å². The summed E-state index contributed by atoms with van der Waals surface area (Å²) in [5.41, 5.74) is 3.07. The Balaban J connectivity index is 2.53. The fourth-order valence-corrected chi connectivity index (χ4v) is 2.52. The van der Waals surface area contributed by atoms with E-state index < -0.39 is 0 Å². The first kappa shape index (κ1) is 14.3. The van der Waals surface area contributed by atoms with E-state index in [4.69, 9.17) is 0 Å². The summed E-state index contributed by atoms with van der Waals surface area (Å²) in [4.78, 5) is 11.3. The van der Waals surface area contributed by atoms with Crippen LogP contribution in [0.2, 0.25) is 0 Å². The molecule has 0 amide bonds. The molecule has 4 heteroatoms. The minimum atomic E-state index is 0.443. The molecule has 2 heterocycles. The first-order valence-electron chi connectivity index (χ1n) is 6.66. The second-order valence-corrected chi connectivity index (χ2v) is 6.41. The zero-order valence-corrected chi connectivity index (χ0v) is 13.5. The van der Waals surface area contributed by atoms with E-state index in [-0.39, 0.29) is 0 Å². The van der Waals surface area contributed by atoms with Gasteiger partial charge in [0.1, 0.15) is 5.52 Å². The molecule has 0 atom stereocenters. The second-order valence-electron chi connectivity index (χ2n) is 5.49. The number of aromatic nitrogens is 2. The Morgan fingerprint density at radius 3 is 2.58 bits per heavy atom. The molecule has 0 fully saturated rings. The predicted molar refractivity (Wildman–Crippen MR) is 84.6 cm³/mol. The topological polar surface area (TPSA) is 29.0 Å². The molecular formula is C15H20BrN3. The van der Waals surface area contributed by atoms with E-state index in [0.717, 1.165) is 22.1 Å². The van der Waals surface area contributed by atoms with Gasteiger partial charge in [0.15, 0.2) is 0 Å². The minimum Gasteiger partial charge on any atom is -0.367 e. The van der Waals surface area contributed by atoms with E-state index in [1.807, 2.05) is 18.5 Å². The zero-order chi connectivity index (χ0) is 14.0. The summed E-state index contributed by atoms with van der Waals surface area (Å²) < 4.78 is 0.963. The van der Waals surface area contributed by atoms with Crippen LogP contribution in [-0.2, 0) is 0 Å². The maximum atomic E-state index is 4.54. The van der Waals surface area contributed by atoms with Crippen LogP contribution in [0, 0.1) is 5.92 Å². The smallest absolute Gasteiger partial charge is 0.112 e. The van der Waals surface area contributed by atoms with Crippen LogP contribution in [0.5, 0.6) is 0 Å². The summed E-state index contributed by atoms with van der Waals surface area (Å²) in [7, 11) is 0. The van der Waals surface area contributed by atoms with Crippen LogP contribution >= 0.6 is 15.9 Å². The first-order chi connectivity index (χ1) is 8.99. The van der Waals surface area contributed by atoms with Gasteiger partial charge in [-0.2, -0.15) is 0 Å². The van der Waals surface area contributed by atoms with Crippen molar-refractivity contribution in [1.29, 1.82) is 0 Å². The molecule has 0 unspecified atom stereocenters. The van der Waals surface area contributed by atoms with Gasteiger partial charge in [0.25, 0.3) is 0 Å². The third kappa shape index (κ3) is 3.24. The highest BCUT2D eigenvalue weighted by molar-refractivity contribution is 9.10. The molecule has 102 valence electrons. The predicted octanol–water partition coefficient (Wildman–Crippen LogP) is 4.26. The molecule has 0 aliphatic rings. The summed E-state index contributed by atoms with van der Waals surface area (Å²) in [6, 6.07) is 4.52. The molecular weight excluding hydrogens is 302 g/mol. The summed E-state index contributed by atoms with van der Waals surface area (Å²) in [5.74, 6) is 0.612. The standard InChI is InChI=1S/C15H20BrN3/c1-10(2)9-19(11(3)4)14-5-6-17-13-7-12(16)8-18-15(13)14/h5-8,10-11H,9H2,1-4H3. The van der Waals surface area contributed by atoms with Crippen molar-refractivity contribution in [2.75, 3.05) is 11.4 Å². The van der Waals surface area contributed by atoms with Gasteiger partial charge in [0.2, 0.25) is 0 Å². The highest BCUT2D eigenvalue weighted by Crippen LogP contribution is 2.27. The quantitative estimate of drug-likeness (QED) is 0.842. The van der Waals surface area contributed by atoms with Crippen molar-refractivity contribution in [3.63, 3.8) is 0 Å². The average molecular weight is 322 g/mol. The largest absolute Gasteiger partial charge is 0.367 e. The Hall–Kier alpha value is -1.16. The van der Waals surface area contributed by atoms with Gasteiger partial charge < -0.3 is 4.90 Å². The normalized spacial score (nSPS) is 11.5. The van der Waals surface area contributed by atoms with E-state index in [0.29, 0.717) is 12.0 Å². The van der Waals surface area contributed by atoms with Crippen LogP contribution in [0.15, 0.2) is 29.0 Å². The number of nitrogens with zero attached hydrogens (tertiary/aromatic N) is 3. The highest BCUT2D eigenvalue weighted by atomic mass is 79.9. The van der Waals surface area contributed by atoms with Gasteiger partial charge in [-0.05, 0) is 47.8 Å². The molecule has 0 N–H and O–H groups in total. The van der Waals surface area contributed by atoms with E-state index in [2.05, 4.69) is 64.6 Å². The molecule has 0 saturated carbocycles. The molecule has 0 radical (unpaired) electrons. The van der Waals surface area contributed by atoms with Gasteiger partial charge in [0, 0.05) is 29.5 Å². The van der Waals surface area contributed by atoms with Crippen molar-refractivity contribution >= 4 is 32.7 Å². The van der Waals surface area contributed by atoms with Gasteiger partial charge >= 0.3 is 0 Å². The maximum absolute atomic E-state index is 4.54. The number of anilines is 1. The lowest BCUT2D eigenvalue weighted by Gasteiger charge is -2.31. The van der Waals surface area contributed by atoms with Crippen LogP contribution in [0.4, 0.5) is 5.69 Å². The molecule has 0 aliphatic carbocycles. The summed E-state index contributed by atoms with van der Waals surface area (Å²) >= 11 is 3.45. The number of rotatable bonds is 4. The second kappa shape index (κ2) is 5.87. The van der Waals surface area contributed by atoms with Crippen molar-refractivity contribution in [2.45, 2.75) is 33.7 Å². The van der Waals surface area contributed by atoms with Crippen LogP contribution in [0.3, 0.4) is 0 Å². The third-order valence-electron chi connectivity index (χ3n) is 3.02. The van der Waals surface area contributed by atoms with Crippen LogP contribution < -0.4 is 4.90 Å². The van der Waals surface area contributed by atoms with Crippen molar-refractivity contribution in [3.8, 4) is 0 Å². The van der Waals surface area contributed by atoms with Gasteiger partial charge in [-0.15, -0.1) is 0 Å². The van der Waals surface area contributed by atoms with Crippen LogP contribution in [-0.4, -0.2) is 22.6 Å². The molecule has 0 spiro atoms. The molecule has 2 rings (SSSR count). The molecule has 2 aromatic heterocycles. The minimum absolute atomic E-state index is 0.443. The van der Waals surface area contributed by atoms with E-state index in [1.165, 1.54) is 5.69 Å². The van der Waals surface area contributed by atoms with Crippen molar-refractivity contribution in [1.82, 2.24) is 9.97 Å². The number of halogens is 1. The average Bonchev–Trinajstić information content (AvgIpc) is 2.34. The molecule has 19 heavy (non-hydrogen) atoms.